The van der Waals surface area contributed by atoms with E-state index in [1.165, 1.54) is 0 Å². The third kappa shape index (κ3) is 2.26. The normalized spacial score (nSPS) is 34.1. The van der Waals surface area contributed by atoms with Crippen LogP contribution in [-0.2, 0) is 0 Å². The maximum atomic E-state index is 6.15. The summed E-state index contributed by atoms with van der Waals surface area (Å²) in [6, 6.07) is 0. The Morgan fingerprint density at radius 3 is 2.87 bits per heavy atom. The molecule has 0 aromatic rings. The molecule has 0 saturated carbocycles. The van der Waals surface area contributed by atoms with E-state index in [4.69, 9.17) is 11.5 Å². The number of nitrogens with one attached hydrogen (secondary N) is 1. The molecule has 5 N–H and O–H groups in total. The van der Waals surface area contributed by atoms with E-state index < -0.39 is 0 Å². The Morgan fingerprint density at radius 2 is 2.33 bits per heavy atom. The smallest absolute Gasteiger partial charge is 0.0388 e. The van der Waals surface area contributed by atoms with Crippen molar-refractivity contribution in [1.29, 1.82) is 0 Å². The monoisotopic (exact) mass is 212 g/mol. The van der Waals surface area contributed by atoms with Crippen LogP contribution >= 0.6 is 0 Å². The molecule has 0 aromatic carbocycles. The van der Waals surface area contributed by atoms with Crippen LogP contribution in [0.3, 0.4) is 0 Å². The quantitative estimate of drug-likeness (QED) is 0.612. The van der Waals surface area contributed by atoms with Crippen LogP contribution in [0.5, 0.6) is 0 Å². The maximum absolute atomic E-state index is 6.15. The zero-order valence-electron chi connectivity index (χ0n) is 10.1. The molecular weight excluding hydrogens is 188 g/mol. The third-order valence-electron chi connectivity index (χ3n) is 3.68. The topological polar surface area (TPSA) is 67.3 Å². The SMILES string of the molecule is CN/C=C(\N)C1(CN)CN(C)CCC1C. The summed E-state index contributed by atoms with van der Waals surface area (Å²) in [7, 11) is 4.00. The minimum atomic E-state index is -0.0595. The van der Waals surface area contributed by atoms with Crippen molar-refractivity contribution >= 4 is 0 Å². The first-order valence-electron chi connectivity index (χ1n) is 5.59. The molecule has 88 valence electrons. The van der Waals surface area contributed by atoms with E-state index in [1.54, 1.807) is 0 Å². The number of nitrogens with zero attached hydrogens (tertiary/aromatic N) is 1. The highest BCUT2D eigenvalue weighted by molar-refractivity contribution is 5.15. The molecule has 0 aromatic heterocycles. The first kappa shape index (κ1) is 12.3. The lowest BCUT2D eigenvalue weighted by Gasteiger charge is -2.46. The fourth-order valence-corrected chi connectivity index (χ4v) is 2.47. The van der Waals surface area contributed by atoms with Gasteiger partial charge in [-0.25, -0.2) is 0 Å². The second kappa shape index (κ2) is 4.86. The van der Waals surface area contributed by atoms with E-state index in [1.807, 2.05) is 13.2 Å². The van der Waals surface area contributed by atoms with Gasteiger partial charge >= 0.3 is 0 Å². The fourth-order valence-electron chi connectivity index (χ4n) is 2.47. The van der Waals surface area contributed by atoms with E-state index in [0.717, 1.165) is 25.2 Å². The van der Waals surface area contributed by atoms with Gasteiger partial charge in [-0.15, -0.1) is 0 Å². The van der Waals surface area contributed by atoms with Crippen LogP contribution < -0.4 is 16.8 Å². The predicted molar refractivity (Wildman–Crippen MR) is 64.1 cm³/mol. The number of hydrogen-bond donors (Lipinski definition) is 3. The van der Waals surface area contributed by atoms with Gasteiger partial charge in [-0.2, -0.15) is 0 Å². The Bertz CT molecular complexity index is 239. The van der Waals surface area contributed by atoms with Gasteiger partial charge in [0.05, 0.1) is 0 Å². The summed E-state index contributed by atoms with van der Waals surface area (Å²) in [5, 5.41) is 3.00. The van der Waals surface area contributed by atoms with Crippen molar-refractivity contribution in [2.75, 3.05) is 33.7 Å². The van der Waals surface area contributed by atoms with Gasteiger partial charge in [-0.05, 0) is 25.9 Å². The Labute approximate surface area is 92.7 Å². The first-order valence-corrected chi connectivity index (χ1v) is 5.59. The minimum absolute atomic E-state index is 0.0595. The molecule has 2 atom stereocenters. The van der Waals surface area contributed by atoms with Gasteiger partial charge in [0.2, 0.25) is 0 Å². The van der Waals surface area contributed by atoms with Crippen LogP contribution in [0.25, 0.3) is 0 Å². The molecule has 1 aliphatic heterocycles. The van der Waals surface area contributed by atoms with Gasteiger partial charge in [0.25, 0.3) is 0 Å². The van der Waals surface area contributed by atoms with Crippen molar-refractivity contribution < 1.29 is 0 Å². The molecule has 0 spiro atoms. The van der Waals surface area contributed by atoms with Crippen molar-refractivity contribution in [3.05, 3.63) is 11.9 Å². The highest BCUT2D eigenvalue weighted by Crippen LogP contribution is 2.38. The van der Waals surface area contributed by atoms with E-state index in [-0.39, 0.29) is 5.41 Å². The number of hydrogen-bond acceptors (Lipinski definition) is 4. The third-order valence-corrected chi connectivity index (χ3v) is 3.68. The van der Waals surface area contributed by atoms with Gasteiger partial charge in [0.1, 0.15) is 0 Å². The molecule has 0 radical (unpaired) electrons. The summed E-state index contributed by atoms with van der Waals surface area (Å²) in [6.45, 7) is 4.95. The van der Waals surface area contributed by atoms with E-state index in [9.17, 15) is 0 Å². The second-order valence-electron chi connectivity index (χ2n) is 4.68. The molecule has 2 unspecified atom stereocenters. The highest BCUT2D eigenvalue weighted by atomic mass is 15.1. The number of likely N-dealkylation sites (tertiary alicyclic amines) is 1. The van der Waals surface area contributed by atoms with Crippen molar-refractivity contribution in [2.24, 2.45) is 22.8 Å². The lowest BCUT2D eigenvalue weighted by Crippen LogP contribution is -2.53. The van der Waals surface area contributed by atoms with Gasteiger partial charge in [-0.1, -0.05) is 6.92 Å². The Kier molecular flexibility index (Phi) is 3.99. The summed E-state index contributed by atoms with van der Waals surface area (Å²) >= 11 is 0. The highest BCUT2D eigenvalue weighted by Gasteiger charge is 2.41. The molecule has 4 nitrogen and oxygen atoms in total. The summed E-state index contributed by atoms with van der Waals surface area (Å²) in [6.07, 6.45) is 3.04. The number of nitrogens with two attached hydrogens (primary N) is 2. The summed E-state index contributed by atoms with van der Waals surface area (Å²) in [5.41, 5.74) is 12.9. The fraction of sp³-hybridized carbons (Fsp3) is 0.818. The van der Waals surface area contributed by atoms with Crippen LogP contribution in [0.1, 0.15) is 13.3 Å². The molecule has 1 fully saturated rings. The largest absolute Gasteiger partial charge is 0.400 e. The van der Waals surface area contributed by atoms with E-state index in [2.05, 4.69) is 24.2 Å². The molecule has 15 heavy (non-hydrogen) atoms. The van der Waals surface area contributed by atoms with Gasteiger partial charge in [0.15, 0.2) is 0 Å². The standard InChI is InChI=1S/C11H24N4/c1-9-4-5-15(3)8-11(9,7-12)10(13)6-14-2/h6,9,14H,4-5,7-8,12-13H2,1-3H3/b10-6-. The summed E-state index contributed by atoms with van der Waals surface area (Å²) < 4.78 is 0. The van der Waals surface area contributed by atoms with E-state index in [0.29, 0.717) is 12.5 Å². The van der Waals surface area contributed by atoms with Crippen LogP contribution in [0.2, 0.25) is 0 Å². The Morgan fingerprint density at radius 1 is 1.67 bits per heavy atom. The van der Waals surface area contributed by atoms with Crippen molar-refractivity contribution in [2.45, 2.75) is 13.3 Å². The van der Waals surface area contributed by atoms with E-state index >= 15 is 0 Å². The van der Waals surface area contributed by atoms with Gasteiger partial charge in [0, 0.05) is 37.4 Å². The lowest BCUT2D eigenvalue weighted by molar-refractivity contribution is 0.0868. The average Bonchev–Trinajstić information content (AvgIpc) is 2.22. The zero-order valence-corrected chi connectivity index (χ0v) is 10.1. The van der Waals surface area contributed by atoms with Crippen LogP contribution in [0, 0.1) is 11.3 Å². The number of rotatable bonds is 3. The second-order valence-corrected chi connectivity index (χ2v) is 4.68. The average molecular weight is 212 g/mol. The Balaban J connectivity index is 2.94. The summed E-state index contributed by atoms with van der Waals surface area (Å²) in [4.78, 5) is 2.31. The zero-order chi connectivity index (χ0) is 11.5. The predicted octanol–water partition coefficient (Wildman–Crippen LogP) is -0.0774. The first-order chi connectivity index (χ1) is 7.06. The van der Waals surface area contributed by atoms with Crippen molar-refractivity contribution in [3.63, 3.8) is 0 Å². The molecule has 1 rings (SSSR count). The molecular formula is C11H24N4. The van der Waals surface area contributed by atoms with Crippen LogP contribution in [0.15, 0.2) is 11.9 Å². The van der Waals surface area contributed by atoms with Crippen LogP contribution in [0.4, 0.5) is 0 Å². The Hall–Kier alpha value is -0.740. The molecule has 4 heteroatoms. The number of piperidine rings is 1. The van der Waals surface area contributed by atoms with Crippen LogP contribution in [-0.4, -0.2) is 38.6 Å². The molecule has 1 heterocycles. The minimum Gasteiger partial charge on any atom is -0.400 e. The molecule has 1 saturated heterocycles. The van der Waals surface area contributed by atoms with Crippen molar-refractivity contribution in [1.82, 2.24) is 10.2 Å². The van der Waals surface area contributed by atoms with Crippen molar-refractivity contribution in [3.8, 4) is 0 Å². The van der Waals surface area contributed by atoms with Gasteiger partial charge in [-0.3, -0.25) is 0 Å². The maximum Gasteiger partial charge on any atom is 0.0388 e. The molecule has 0 bridgehead atoms. The molecule has 0 aliphatic carbocycles. The summed E-state index contributed by atoms with van der Waals surface area (Å²) in [5.74, 6) is 0.545. The van der Waals surface area contributed by atoms with Gasteiger partial charge < -0.3 is 21.7 Å². The lowest BCUT2D eigenvalue weighted by atomic mass is 9.70. The molecule has 1 aliphatic rings. The molecule has 0 amide bonds.